The molecule has 214 valence electrons. The third-order valence-electron chi connectivity index (χ3n) is 7.13. The van der Waals surface area contributed by atoms with Gasteiger partial charge < -0.3 is 9.64 Å². The largest absolute Gasteiger partial charge is 0.496 e. The monoisotopic (exact) mass is 583 g/mol. The van der Waals surface area contributed by atoms with Crippen LogP contribution < -0.4 is 4.74 Å². The van der Waals surface area contributed by atoms with E-state index < -0.39 is 21.6 Å². The number of piperazine rings is 1. The van der Waals surface area contributed by atoms with Crippen LogP contribution >= 0.6 is 0 Å². The molecule has 0 N–H and O–H groups in total. The number of carbonyl (C=O) groups is 1. The van der Waals surface area contributed by atoms with E-state index in [-0.39, 0.29) is 22.3 Å². The van der Waals surface area contributed by atoms with Gasteiger partial charge in [-0.15, -0.1) is 0 Å². The molecule has 2 heterocycles. The fraction of sp³-hybridized carbons (Fsp3) is 0.267. The van der Waals surface area contributed by atoms with E-state index in [4.69, 9.17) is 4.74 Å². The number of benzene rings is 3. The number of alkyl halides is 3. The Bertz CT molecular complexity index is 1660. The average molecular weight is 584 g/mol. The second-order valence-electron chi connectivity index (χ2n) is 9.89. The average Bonchev–Trinajstić information content (AvgIpc) is 2.96. The van der Waals surface area contributed by atoms with Crippen molar-refractivity contribution in [3.05, 3.63) is 101 Å². The zero-order valence-corrected chi connectivity index (χ0v) is 23.1. The zero-order valence-electron chi connectivity index (χ0n) is 22.3. The molecule has 4 aromatic rings. The predicted molar refractivity (Wildman–Crippen MR) is 148 cm³/mol. The van der Waals surface area contributed by atoms with Crippen LogP contribution in [0.3, 0.4) is 0 Å². The number of hydrogen-bond acceptors (Lipinski definition) is 6. The molecule has 0 spiro atoms. The topological polar surface area (TPSA) is 79.8 Å². The van der Waals surface area contributed by atoms with Crippen LogP contribution in [0.5, 0.6) is 5.75 Å². The summed E-state index contributed by atoms with van der Waals surface area (Å²) in [5, 5.41) is 0.728. The summed E-state index contributed by atoms with van der Waals surface area (Å²) in [6, 6.07) is 18.5. The smallest absolute Gasteiger partial charge is 0.416 e. The molecule has 0 atom stereocenters. The van der Waals surface area contributed by atoms with Gasteiger partial charge in [-0.2, -0.15) is 13.2 Å². The van der Waals surface area contributed by atoms with E-state index in [9.17, 15) is 26.4 Å². The summed E-state index contributed by atoms with van der Waals surface area (Å²) in [4.78, 5) is 21.5. The standard InChI is InChI=1S/C30H28F3N3O4S/c1-40-26-18-22(20-41(38,39)27-6-2-4-23-5-3-13-34-28(23)27)9-12-25(26)29(37)36-16-14-35(15-17-36)19-21-7-10-24(11-8-21)30(31,32)33/h2-13,18H,14-17,19-20H2,1H3. The second kappa shape index (κ2) is 11.5. The van der Waals surface area contributed by atoms with Gasteiger partial charge >= 0.3 is 6.18 Å². The number of aromatic nitrogens is 1. The molecule has 0 aliphatic carbocycles. The number of nitrogens with zero attached hydrogens (tertiary/aromatic N) is 3. The van der Waals surface area contributed by atoms with Gasteiger partial charge in [0.1, 0.15) is 5.75 Å². The fourth-order valence-electron chi connectivity index (χ4n) is 4.96. The van der Waals surface area contributed by atoms with Crippen LogP contribution in [0.4, 0.5) is 13.2 Å². The maximum Gasteiger partial charge on any atom is 0.416 e. The maximum atomic E-state index is 13.3. The molecule has 1 aliphatic rings. The van der Waals surface area contributed by atoms with Gasteiger partial charge in [0.15, 0.2) is 9.84 Å². The number of halogens is 3. The van der Waals surface area contributed by atoms with Crippen molar-refractivity contribution in [1.29, 1.82) is 0 Å². The van der Waals surface area contributed by atoms with Crippen LogP contribution in [0.1, 0.15) is 27.0 Å². The van der Waals surface area contributed by atoms with Crippen molar-refractivity contribution >= 4 is 26.6 Å². The minimum atomic E-state index is -4.37. The van der Waals surface area contributed by atoms with Gasteiger partial charge in [0.05, 0.1) is 34.4 Å². The molecule has 0 bridgehead atoms. The predicted octanol–water partition coefficient (Wildman–Crippen LogP) is 5.19. The molecule has 1 fully saturated rings. The van der Waals surface area contributed by atoms with Gasteiger partial charge in [-0.1, -0.05) is 36.4 Å². The van der Waals surface area contributed by atoms with E-state index in [0.717, 1.165) is 23.1 Å². The number of para-hydroxylation sites is 1. The Kier molecular flexibility index (Phi) is 8.01. The number of pyridine rings is 1. The number of amides is 1. The fourth-order valence-corrected chi connectivity index (χ4v) is 6.49. The highest BCUT2D eigenvalue weighted by Gasteiger charge is 2.30. The summed E-state index contributed by atoms with van der Waals surface area (Å²) >= 11 is 0. The number of sulfone groups is 1. The third-order valence-corrected chi connectivity index (χ3v) is 8.84. The van der Waals surface area contributed by atoms with Crippen LogP contribution in [0, 0.1) is 0 Å². The number of rotatable bonds is 7. The number of carbonyl (C=O) groups excluding carboxylic acids is 1. The van der Waals surface area contributed by atoms with Crippen molar-refractivity contribution in [1.82, 2.24) is 14.8 Å². The number of ether oxygens (including phenoxy) is 1. The molecule has 0 radical (unpaired) electrons. The highest BCUT2D eigenvalue weighted by atomic mass is 32.2. The summed E-state index contributed by atoms with van der Waals surface area (Å²) in [6.07, 6.45) is -2.81. The molecule has 1 amide bonds. The molecule has 0 unspecified atom stereocenters. The summed E-state index contributed by atoms with van der Waals surface area (Å²) in [6.45, 7) is 2.48. The number of hydrogen-bond donors (Lipinski definition) is 0. The van der Waals surface area contributed by atoms with Gasteiger partial charge in [-0.3, -0.25) is 14.7 Å². The van der Waals surface area contributed by atoms with Crippen molar-refractivity contribution in [3.63, 3.8) is 0 Å². The molecule has 1 saturated heterocycles. The number of fused-ring (bicyclic) bond motifs is 1. The Hall–Kier alpha value is -3.96. The first-order valence-electron chi connectivity index (χ1n) is 13.0. The zero-order chi connectivity index (χ0) is 29.2. The second-order valence-corrected chi connectivity index (χ2v) is 11.8. The molecule has 1 aliphatic heterocycles. The minimum absolute atomic E-state index is 0.142. The summed E-state index contributed by atoms with van der Waals surface area (Å²) in [5.74, 6) is -0.231. The quantitative estimate of drug-likeness (QED) is 0.298. The lowest BCUT2D eigenvalue weighted by Gasteiger charge is -2.35. The van der Waals surface area contributed by atoms with Crippen molar-refractivity contribution < 1.29 is 31.1 Å². The lowest BCUT2D eigenvalue weighted by atomic mass is 10.1. The lowest BCUT2D eigenvalue weighted by molar-refractivity contribution is -0.137. The number of methoxy groups -OCH3 is 1. The van der Waals surface area contributed by atoms with Gasteiger partial charge in [0, 0.05) is 44.3 Å². The highest BCUT2D eigenvalue weighted by molar-refractivity contribution is 7.90. The summed E-state index contributed by atoms with van der Waals surface area (Å²) in [7, 11) is -2.30. The van der Waals surface area contributed by atoms with Crippen LogP contribution in [0.15, 0.2) is 83.9 Å². The van der Waals surface area contributed by atoms with E-state index in [0.29, 0.717) is 49.4 Å². The first-order valence-corrected chi connectivity index (χ1v) is 14.6. The molecular formula is C30H28F3N3O4S. The Balaban J connectivity index is 1.24. The first-order chi connectivity index (χ1) is 19.5. The maximum absolute atomic E-state index is 13.3. The SMILES string of the molecule is COc1cc(CS(=O)(=O)c2cccc3cccnc23)ccc1C(=O)N1CCN(Cc2ccc(C(F)(F)F)cc2)CC1. The van der Waals surface area contributed by atoms with Crippen molar-refractivity contribution in [3.8, 4) is 5.75 Å². The molecule has 41 heavy (non-hydrogen) atoms. The van der Waals surface area contributed by atoms with Crippen molar-refractivity contribution in [2.24, 2.45) is 0 Å². The third kappa shape index (κ3) is 6.36. The van der Waals surface area contributed by atoms with E-state index >= 15 is 0 Å². The van der Waals surface area contributed by atoms with Gasteiger partial charge in [0.2, 0.25) is 0 Å². The van der Waals surface area contributed by atoms with E-state index in [1.165, 1.54) is 25.3 Å². The van der Waals surface area contributed by atoms with E-state index in [1.54, 1.807) is 53.6 Å². The molecule has 7 nitrogen and oxygen atoms in total. The Morgan fingerprint density at radius 1 is 0.927 bits per heavy atom. The van der Waals surface area contributed by atoms with Crippen LogP contribution in [-0.4, -0.2) is 62.4 Å². The lowest BCUT2D eigenvalue weighted by Crippen LogP contribution is -2.48. The molecule has 0 saturated carbocycles. The van der Waals surface area contributed by atoms with Crippen LogP contribution in [0.25, 0.3) is 10.9 Å². The minimum Gasteiger partial charge on any atom is -0.496 e. The van der Waals surface area contributed by atoms with Gasteiger partial charge in [0.25, 0.3) is 5.91 Å². The molecular weight excluding hydrogens is 555 g/mol. The van der Waals surface area contributed by atoms with Crippen molar-refractivity contribution in [2.45, 2.75) is 23.4 Å². The van der Waals surface area contributed by atoms with E-state index in [1.807, 2.05) is 0 Å². The molecule has 1 aromatic heterocycles. The molecule has 11 heteroatoms. The van der Waals surface area contributed by atoms with Gasteiger partial charge in [-0.25, -0.2) is 8.42 Å². The Morgan fingerprint density at radius 3 is 2.29 bits per heavy atom. The van der Waals surface area contributed by atoms with Crippen LogP contribution in [0.2, 0.25) is 0 Å². The Labute approximate surface area is 236 Å². The van der Waals surface area contributed by atoms with Crippen LogP contribution in [-0.2, 0) is 28.3 Å². The summed E-state index contributed by atoms with van der Waals surface area (Å²) < 4.78 is 70.5. The normalized spacial score (nSPS) is 14.8. The van der Waals surface area contributed by atoms with Gasteiger partial charge in [-0.05, 0) is 47.5 Å². The first kappa shape index (κ1) is 28.6. The molecule has 3 aromatic carbocycles. The van der Waals surface area contributed by atoms with E-state index in [2.05, 4.69) is 9.88 Å². The summed E-state index contributed by atoms with van der Waals surface area (Å²) in [5.41, 5.74) is 1.31. The highest BCUT2D eigenvalue weighted by Crippen LogP contribution is 2.30. The Morgan fingerprint density at radius 2 is 1.61 bits per heavy atom. The molecule has 5 rings (SSSR count). The van der Waals surface area contributed by atoms with Crippen molar-refractivity contribution in [2.75, 3.05) is 33.3 Å².